The van der Waals surface area contributed by atoms with Crippen molar-refractivity contribution in [2.45, 2.75) is 19.4 Å². The van der Waals surface area contributed by atoms with Crippen LogP contribution < -0.4 is 10.6 Å². The molecule has 0 saturated carbocycles. The van der Waals surface area contributed by atoms with Crippen LogP contribution >= 0.6 is 24.8 Å². The Morgan fingerprint density at radius 1 is 1.50 bits per heavy atom. The van der Waals surface area contributed by atoms with Gasteiger partial charge in [-0.15, -0.1) is 24.8 Å². The van der Waals surface area contributed by atoms with Crippen molar-refractivity contribution < 1.29 is 4.79 Å². The van der Waals surface area contributed by atoms with Gasteiger partial charge in [-0.1, -0.05) is 6.07 Å². The lowest BCUT2D eigenvalue weighted by molar-refractivity contribution is -0.125. The van der Waals surface area contributed by atoms with Gasteiger partial charge in [0, 0.05) is 12.7 Å². The van der Waals surface area contributed by atoms with Gasteiger partial charge in [-0.3, -0.25) is 9.78 Å². The van der Waals surface area contributed by atoms with E-state index >= 15 is 0 Å². The molecular formula is C12H19Cl2N3O. The third kappa shape index (κ3) is 4.44. The predicted octanol–water partition coefficient (Wildman–Crippen LogP) is 1.71. The molecule has 0 aliphatic carbocycles. The zero-order chi connectivity index (χ0) is 11.4. The molecule has 0 radical (unpaired) electrons. The number of carbonyl (C=O) groups excluding carboxylic acids is 1. The fraction of sp³-hybridized carbons (Fsp3) is 0.500. The van der Waals surface area contributed by atoms with Gasteiger partial charge < -0.3 is 10.6 Å². The summed E-state index contributed by atoms with van der Waals surface area (Å²) in [5.41, 5.74) is 0.904. The minimum absolute atomic E-state index is 0. The lowest BCUT2D eigenvalue weighted by atomic mass is 10.1. The normalized spacial score (nSPS) is 19.3. The Bertz CT molecular complexity index is 356. The van der Waals surface area contributed by atoms with Crippen LogP contribution in [-0.4, -0.2) is 24.0 Å². The maximum atomic E-state index is 11.9. The van der Waals surface area contributed by atoms with E-state index in [0.717, 1.165) is 25.2 Å². The third-order valence-corrected chi connectivity index (χ3v) is 2.92. The second kappa shape index (κ2) is 8.29. The minimum Gasteiger partial charge on any atom is -0.348 e. The second-order valence-corrected chi connectivity index (χ2v) is 4.17. The van der Waals surface area contributed by atoms with E-state index in [2.05, 4.69) is 15.6 Å². The summed E-state index contributed by atoms with van der Waals surface area (Å²) in [5.74, 6) is 0.245. The first-order chi connectivity index (χ1) is 7.77. The predicted molar refractivity (Wildman–Crippen MR) is 76.3 cm³/mol. The molecule has 2 rings (SSSR count). The molecule has 6 heteroatoms. The molecule has 1 aromatic heterocycles. The Balaban J connectivity index is 0.00000144. The Morgan fingerprint density at radius 2 is 2.28 bits per heavy atom. The van der Waals surface area contributed by atoms with Crippen LogP contribution in [0.15, 0.2) is 24.4 Å². The molecule has 2 atom stereocenters. The number of rotatable bonds is 3. The van der Waals surface area contributed by atoms with E-state index in [0.29, 0.717) is 0 Å². The van der Waals surface area contributed by atoms with Crippen molar-refractivity contribution in [3.8, 4) is 0 Å². The summed E-state index contributed by atoms with van der Waals surface area (Å²) in [5, 5.41) is 6.19. The second-order valence-electron chi connectivity index (χ2n) is 4.17. The zero-order valence-electron chi connectivity index (χ0n) is 10.3. The number of nitrogens with one attached hydrogen (secondary N) is 2. The number of amides is 1. The van der Waals surface area contributed by atoms with Crippen molar-refractivity contribution in [1.82, 2.24) is 15.6 Å². The van der Waals surface area contributed by atoms with Gasteiger partial charge >= 0.3 is 0 Å². The highest BCUT2D eigenvalue weighted by Gasteiger charge is 2.23. The molecule has 1 amide bonds. The smallest absolute Gasteiger partial charge is 0.224 e. The standard InChI is InChI=1S/C12H17N3O.2ClH/c1-9(11-4-2-3-6-14-11)15-12(16)10-5-7-13-8-10;;/h2-4,6,9-10,13H,5,7-8H2,1H3,(H,15,16);2*1H. The fourth-order valence-electron chi connectivity index (χ4n) is 1.92. The van der Waals surface area contributed by atoms with E-state index in [1.807, 2.05) is 25.1 Å². The van der Waals surface area contributed by atoms with Gasteiger partial charge in [0.2, 0.25) is 5.91 Å². The van der Waals surface area contributed by atoms with Gasteiger partial charge in [-0.25, -0.2) is 0 Å². The molecule has 0 aromatic carbocycles. The van der Waals surface area contributed by atoms with Gasteiger partial charge in [-0.05, 0) is 32.0 Å². The van der Waals surface area contributed by atoms with E-state index in [-0.39, 0.29) is 42.7 Å². The maximum Gasteiger partial charge on any atom is 0.224 e. The van der Waals surface area contributed by atoms with Gasteiger partial charge in [0.15, 0.2) is 0 Å². The SMILES string of the molecule is CC(NC(=O)C1CCNC1)c1ccccn1.Cl.Cl. The van der Waals surface area contributed by atoms with Crippen molar-refractivity contribution in [2.24, 2.45) is 5.92 Å². The van der Waals surface area contributed by atoms with Crippen LogP contribution in [0.25, 0.3) is 0 Å². The van der Waals surface area contributed by atoms with Gasteiger partial charge in [0.05, 0.1) is 17.7 Å². The van der Waals surface area contributed by atoms with Crippen LogP contribution in [-0.2, 0) is 4.79 Å². The lowest BCUT2D eigenvalue weighted by Crippen LogP contribution is -2.34. The highest BCUT2D eigenvalue weighted by molar-refractivity contribution is 5.85. The summed E-state index contributed by atoms with van der Waals surface area (Å²) < 4.78 is 0. The summed E-state index contributed by atoms with van der Waals surface area (Å²) in [7, 11) is 0. The topological polar surface area (TPSA) is 54.0 Å². The van der Waals surface area contributed by atoms with Crippen molar-refractivity contribution in [2.75, 3.05) is 13.1 Å². The molecule has 102 valence electrons. The molecule has 4 nitrogen and oxygen atoms in total. The van der Waals surface area contributed by atoms with Crippen LogP contribution in [0, 0.1) is 5.92 Å². The van der Waals surface area contributed by atoms with Crippen LogP contribution in [0.1, 0.15) is 25.1 Å². The Morgan fingerprint density at radius 3 is 2.83 bits per heavy atom. The number of hydrogen-bond acceptors (Lipinski definition) is 3. The molecule has 1 saturated heterocycles. The number of nitrogens with zero attached hydrogens (tertiary/aromatic N) is 1. The number of aromatic nitrogens is 1. The van der Waals surface area contributed by atoms with Crippen LogP contribution in [0.5, 0.6) is 0 Å². The van der Waals surface area contributed by atoms with Crippen molar-refractivity contribution >= 4 is 30.7 Å². The number of pyridine rings is 1. The van der Waals surface area contributed by atoms with Crippen LogP contribution in [0.2, 0.25) is 0 Å². The average molecular weight is 292 g/mol. The van der Waals surface area contributed by atoms with Gasteiger partial charge in [0.25, 0.3) is 0 Å². The van der Waals surface area contributed by atoms with Crippen molar-refractivity contribution in [1.29, 1.82) is 0 Å². The fourth-order valence-corrected chi connectivity index (χ4v) is 1.92. The third-order valence-electron chi connectivity index (χ3n) is 2.92. The van der Waals surface area contributed by atoms with E-state index in [1.54, 1.807) is 6.20 Å². The largest absolute Gasteiger partial charge is 0.348 e. The number of hydrogen-bond donors (Lipinski definition) is 2. The first-order valence-electron chi connectivity index (χ1n) is 5.69. The summed E-state index contributed by atoms with van der Waals surface area (Å²) >= 11 is 0. The lowest BCUT2D eigenvalue weighted by Gasteiger charge is -2.16. The number of carbonyl (C=O) groups is 1. The van der Waals surface area contributed by atoms with Crippen LogP contribution in [0.4, 0.5) is 0 Å². The Kier molecular flexibility index (Phi) is 7.91. The molecular weight excluding hydrogens is 273 g/mol. The average Bonchev–Trinajstić information content (AvgIpc) is 2.83. The Labute approximate surface area is 120 Å². The minimum atomic E-state index is -0.0192. The van der Waals surface area contributed by atoms with Gasteiger partial charge in [0.1, 0.15) is 0 Å². The van der Waals surface area contributed by atoms with Crippen molar-refractivity contribution in [3.05, 3.63) is 30.1 Å². The molecule has 0 spiro atoms. The molecule has 18 heavy (non-hydrogen) atoms. The highest BCUT2D eigenvalue weighted by Crippen LogP contribution is 2.12. The van der Waals surface area contributed by atoms with E-state index in [9.17, 15) is 4.79 Å². The summed E-state index contributed by atoms with van der Waals surface area (Å²) in [6, 6.07) is 5.72. The molecule has 1 aliphatic heterocycles. The molecule has 2 N–H and O–H groups in total. The quantitative estimate of drug-likeness (QED) is 0.892. The summed E-state index contributed by atoms with van der Waals surface area (Å²) in [4.78, 5) is 16.1. The maximum absolute atomic E-state index is 11.9. The highest BCUT2D eigenvalue weighted by atomic mass is 35.5. The molecule has 1 aromatic rings. The van der Waals surface area contributed by atoms with Crippen LogP contribution in [0.3, 0.4) is 0 Å². The summed E-state index contributed by atoms with van der Waals surface area (Å²) in [6.45, 7) is 3.69. The zero-order valence-corrected chi connectivity index (χ0v) is 11.9. The Hall–Kier alpha value is -0.840. The van der Waals surface area contributed by atoms with Crippen molar-refractivity contribution in [3.63, 3.8) is 0 Å². The molecule has 2 heterocycles. The van der Waals surface area contributed by atoms with E-state index in [4.69, 9.17) is 0 Å². The molecule has 0 bridgehead atoms. The summed E-state index contributed by atoms with van der Waals surface area (Å²) in [6.07, 6.45) is 2.68. The van der Waals surface area contributed by atoms with E-state index < -0.39 is 0 Å². The van der Waals surface area contributed by atoms with Gasteiger partial charge in [-0.2, -0.15) is 0 Å². The monoisotopic (exact) mass is 291 g/mol. The van der Waals surface area contributed by atoms with E-state index in [1.165, 1.54) is 0 Å². The molecule has 2 unspecified atom stereocenters. The molecule has 1 fully saturated rings. The first-order valence-corrected chi connectivity index (χ1v) is 5.69. The first kappa shape index (κ1) is 17.2. The number of halogens is 2. The molecule has 1 aliphatic rings.